The van der Waals surface area contributed by atoms with E-state index in [0.717, 1.165) is 25.0 Å². The summed E-state index contributed by atoms with van der Waals surface area (Å²) in [5, 5.41) is 10.5. The minimum absolute atomic E-state index is 0.0678. The second-order valence-corrected chi connectivity index (χ2v) is 6.00. The van der Waals surface area contributed by atoms with E-state index >= 15 is 0 Å². The molecule has 0 fully saturated rings. The molecule has 0 heterocycles. The molecule has 0 aliphatic rings. The molecule has 0 N–H and O–H groups in total. The van der Waals surface area contributed by atoms with Gasteiger partial charge in [-0.1, -0.05) is 20.3 Å². The maximum absolute atomic E-state index is 11.8. The molecule has 0 bridgehead atoms. The Balaban J connectivity index is 2.74. The fourth-order valence-electron chi connectivity index (χ4n) is 1.58. The van der Waals surface area contributed by atoms with Crippen LogP contribution in [-0.2, 0) is 14.3 Å². The third-order valence-electron chi connectivity index (χ3n) is 2.63. The van der Waals surface area contributed by atoms with Crippen molar-refractivity contribution < 1.29 is 17.5 Å². The van der Waals surface area contributed by atoms with E-state index in [2.05, 4.69) is 0 Å². The van der Waals surface area contributed by atoms with E-state index in [1.54, 1.807) is 0 Å². The number of nitro groups is 1. The molecule has 0 saturated heterocycles. The first-order valence-corrected chi connectivity index (χ1v) is 7.41. The standard InChI is InChI=1S/C12H17NO5S/c1-3-4-10(2)9-18-19(16,17)12-7-5-11(6-8-12)13(14)15/h5-8,10H,3-4,9H2,1-2H3/t10-/m0/s1. The van der Waals surface area contributed by atoms with Gasteiger partial charge in [0.1, 0.15) is 0 Å². The Bertz CT molecular complexity index is 524. The van der Waals surface area contributed by atoms with Crippen LogP contribution in [0.4, 0.5) is 5.69 Å². The molecule has 1 atom stereocenters. The number of hydrogen-bond donors (Lipinski definition) is 0. The zero-order valence-corrected chi connectivity index (χ0v) is 11.7. The minimum Gasteiger partial charge on any atom is -0.266 e. The van der Waals surface area contributed by atoms with Crippen LogP contribution < -0.4 is 0 Å². The Morgan fingerprint density at radius 1 is 1.32 bits per heavy atom. The van der Waals surface area contributed by atoms with Crippen molar-refractivity contribution in [3.8, 4) is 0 Å². The normalized spacial score (nSPS) is 13.2. The first-order chi connectivity index (χ1) is 8.86. The second kappa shape index (κ2) is 6.63. The van der Waals surface area contributed by atoms with Crippen LogP contribution in [0.1, 0.15) is 26.7 Å². The van der Waals surface area contributed by atoms with Crippen LogP contribution in [-0.4, -0.2) is 19.9 Å². The van der Waals surface area contributed by atoms with Gasteiger partial charge in [0.15, 0.2) is 0 Å². The first kappa shape index (κ1) is 15.6. The number of nitro benzene ring substituents is 1. The van der Waals surface area contributed by atoms with Crippen LogP contribution >= 0.6 is 0 Å². The summed E-state index contributed by atoms with van der Waals surface area (Å²) in [6.07, 6.45) is 1.85. The SMILES string of the molecule is CCC[C@H](C)COS(=O)(=O)c1ccc([N+](=O)[O-])cc1. The van der Waals surface area contributed by atoms with Crippen molar-refractivity contribution in [2.45, 2.75) is 31.6 Å². The monoisotopic (exact) mass is 287 g/mol. The molecule has 19 heavy (non-hydrogen) atoms. The number of benzene rings is 1. The molecule has 0 radical (unpaired) electrons. The maximum Gasteiger partial charge on any atom is 0.296 e. The predicted molar refractivity (Wildman–Crippen MR) is 70.3 cm³/mol. The Kier molecular flexibility index (Phi) is 5.44. The van der Waals surface area contributed by atoms with Crippen molar-refractivity contribution >= 4 is 15.8 Å². The van der Waals surface area contributed by atoms with Crippen molar-refractivity contribution in [3.05, 3.63) is 34.4 Å². The molecule has 6 nitrogen and oxygen atoms in total. The summed E-state index contributed by atoms with van der Waals surface area (Å²) in [5.41, 5.74) is -0.154. The lowest BCUT2D eigenvalue weighted by Gasteiger charge is -2.10. The zero-order valence-electron chi connectivity index (χ0n) is 10.9. The molecular weight excluding hydrogens is 270 g/mol. The summed E-state index contributed by atoms with van der Waals surface area (Å²) in [4.78, 5) is 9.82. The van der Waals surface area contributed by atoms with Gasteiger partial charge in [0, 0.05) is 12.1 Å². The summed E-state index contributed by atoms with van der Waals surface area (Å²) in [6.45, 7) is 4.04. The summed E-state index contributed by atoms with van der Waals surface area (Å²) in [6, 6.07) is 4.65. The smallest absolute Gasteiger partial charge is 0.266 e. The average molecular weight is 287 g/mol. The Labute approximate surface area is 112 Å². The highest BCUT2D eigenvalue weighted by Crippen LogP contribution is 2.18. The molecule has 0 saturated carbocycles. The molecule has 1 rings (SSSR count). The highest BCUT2D eigenvalue weighted by Gasteiger charge is 2.18. The van der Waals surface area contributed by atoms with E-state index in [9.17, 15) is 18.5 Å². The topological polar surface area (TPSA) is 86.5 Å². The molecular formula is C12H17NO5S. The fourth-order valence-corrected chi connectivity index (χ4v) is 2.60. The lowest BCUT2D eigenvalue weighted by molar-refractivity contribution is -0.384. The molecule has 0 spiro atoms. The number of rotatable bonds is 7. The van der Waals surface area contributed by atoms with Gasteiger partial charge in [-0.15, -0.1) is 0 Å². The van der Waals surface area contributed by atoms with Gasteiger partial charge in [0.2, 0.25) is 0 Å². The Hall–Kier alpha value is -1.47. The van der Waals surface area contributed by atoms with Crippen LogP contribution in [0.5, 0.6) is 0 Å². The third-order valence-corrected chi connectivity index (χ3v) is 3.92. The fraction of sp³-hybridized carbons (Fsp3) is 0.500. The lowest BCUT2D eigenvalue weighted by atomic mass is 10.1. The first-order valence-electron chi connectivity index (χ1n) is 6.00. The van der Waals surface area contributed by atoms with E-state index in [1.807, 2.05) is 13.8 Å². The number of hydrogen-bond acceptors (Lipinski definition) is 5. The summed E-state index contributed by atoms with van der Waals surface area (Å²) in [7, 11) is -3.84. The number of non-ortho nitro benzene ring substituents is 1. The van der Waals surface area contributed by atoms with Crippen LogP contribution in [0, 0.1) is 16.0 Å². The van der Waals surface area contributed by atoms with Crippen LogP contribution in [0.15, 0.2) is 29.2 Å². The van der Waals surface area contributed by atoms with Crippen LogP contribution in [0.3, 0.4) is 0 Å². The molecule has 0 aliphatic carbocycles. The second-order valence-electron chi connectivity index (χ2n) is 4.38. The number of nitrogens with zero attached hydrogens (tertiary/aromatic N) is 1. The average Bonchev–Trinajstić information content (AvgIpc) is 2.37. The summed E-state index contributed by atoms with van der Waals surface area (Å²) < 4.78 is 28.6. The van der Waals surface area contributed by atoms with Gasteiger partial charge in [-0.05, 0) is 24.5 Å². The Morgan fingerprint density at radius 2 is 1.89 bits per heavy atom. The predicted octanol–water partition coefficient (Wildman–Crippen LogP) is 2.74. The van der Waals surface area contributed by atoms with Crippen LogP contribution in [0.2, 0.25) is 0 Å². The zero-order chi connectivity index (χ0) is 14.5. The van der Waals surface area contributed by atoms with Gasteiger partial charge in [0.25, 0.3) is 15.8 Å². The van der Waals surface area contributed by atoms with Gasteiger partial charge >= 0.3 is 0 Å². The summed E-state index contributed by atoms with van der Waals surface area (Å²) >= 11 is 0. The molecule has 0 amide bonds. The maximum atomic E-state index is 11.8. The van der Waals surface area contributed by atoms with E-state index in [4.69, 9.17) is 4.18 Å². The quantitative estimate of drug-likeness (QED) is 0.437. The van der Waals surface area contributed by atoms with E-state index in [1.165, 1.54) is 12.1 Å². The van der Waals surface area contributed by atoms with E-state index < -0.39 is 15.0 Å². The van der Waals surface area contributed by atoms with Crippen molar-refractivity contribution in [1.82, 2.24) is 0 Å². The minimum atomic E-state index is -3.84. The van der Waals surface area contributed by atoms with Crippen LogP contribution in [0.25, 0.3) is 0 Å². The van der Waals surface area contributed by atoms with Gasteiger partial charge < -0.3 is 0 Å². The molecule has 0 unspecified atom stereocenters. The largest absolute Gasteiger partial charge is 0.296 e. The summed E-state index contributed by atoms with van der Waals surface area (Å²) in [5.74, 6) is 0.151. The molecule has 1 aromatic rings. The molecule has 1 aromatic carbocycles. The highest BCUT2D eigenvalue weighted by atomic mass is 32.2. The Morgan fingerprint density at radius 3 is 2.37 bits per heavy atom. The van der Waals surface area contributed by atoms with Gasteiger partial charge in [-0.3, -0.25) is 14.3 Å². The van der Waals surface area contributed by atoms with Gasteiger partial charge in [-0.2, -0.15) is 8.42 Å². The van der Waals surface area contributed by atoms with E-state index in [-0.39, 0.29) is 23.1 Å². The molecule has 7 heteroatoms. The van der Waals surface area contributed by atoms with Gasteiger partial charge in [0.05, 0.1) is 16.4 Å². The van der Waals surface area contributed by atoms with Crippen molar-refractivity contribution in [1.29, 1.82) is 0 Å². The van der Waals surface area contributed by atoms with Crippen molar-refractivity contribution in [3.63, 3.8) is 0 Å². The van der Waals surface area contributed by atoms with Gasteiger partial charge in [-0.25, -0.2) is 0 Å². The van der Waals surface area contributed by atoms with Crippen molar-refractivity contribution in [2.24, 2.45) is 5.92 Å². The lowest BCUT2D eigenvalue weighted by Crippen LogP contribution is -2.12. The molecule has 0 aromatic heterocycles. The third kappa shape index (κ3) is 4.60. The molecule has 0 aliphatic heterocycles. The van der Waals surface area contributed by atoms with E-state index in [0.29, 0.717) is 0 Å². The van der Waals surface area contributed by atoms with Crippen molar-refractivity contribution in [2.75, 3.05) is 6.61 Å². The molecule has 106 valence electrons. The highest BCUT2D eigenvalue weighted by molar-refractivity contribution is 7.86.